The number of hydrogen-bond donors (Lipinski definition) is 0. The first-order valence-corrected chi connectivity index (χ1v) is 10.3. The third-order valence-corrected chi connectivity index (χ3v) is 7.02. The highest BCUT2D eigenvalue weighted by atomic mass is 16.5. The summed E-state index contributed by atoms with van der Waals surface area (Å²) < 4.78 is 8.84. The lowest BCUT2D eigenvalue weighted by Crippen LogP contribution is -2.53. The maximum absolute atomic E-state index is 6.60. The Bertz CT molecular complexity index is 475. The van der Waals surface area contributed by atoms with E-state index in [0.717, 1.165) is 30.9 Å². The molecular weight excluding hydrogens is 296 g/mol. The maximum atomic E-state index is 6.60. The highest BCUT2D eigenvalue weighted by molar-refractivity contribution is 5.05. The van der Waals surface area contributed by atoms with Crippen LogP contribution >= 0.6 is 0 Å². The SMILES string of the molecule is CCCCCCOC(Cn1ccnc1)C12CC3CC(CC(C3)C1)C2. The zero-order valence-electron chi connectivity index (χ0n) is 15.3. The van der Waals surface area contributed by atoms with E-state index in [0.29, 0.717) is 11.5 Å². The van der Waals surface area contributed by atoms with E-state index >= 15 is 0 Å². The van der Waals surface area contributed by atoms with Crippen LogP contribution in [0.3, 0.4) is 0 Å². The van der Waals surface area contributed by atoms with Crippen LogP contribution in [-0.2, 0) is 11.3 Å². The topological polar surface area (TPSA) is 27.1 Å². The molecule has 4 aliphatic rings. The molecule has 24 heavy (non-hydrogen) atoms. The van der Waals surface area contributed by atoms with E-state index in [1.807, 2.05) is 12.5 Å². The van der Waals surface area contributed by atoms with E-state index in [-0.39, 0.29) is 0 Å². The summed E-state index contributed by atoms with van der Waals surface area (Å²) >= 11 is 0. The van der Waals surface area contributed by atoms with Crippen molar-refractivity contribution in [3.63, 3.8) is 0 Å². The smallest absolute Gasteiger partial charge is 0.0946 e. The lowest BCUT2D eigenvalue weighted by Gasteiger charge is -2.59. The molecule has 0 amide bonds. The molecular formula is C21H34N2O. The van der Waals surface area contributed by atoms with Crippen LogP contribution in [-0.4, -0.2) is 22.3 Å². The first-order chi connectivity index (χ1) is 11.8. The summed E-state index contributed by atoms with van der Waals surface area (Å²) in [5.74, 6) is 2.97. The Kier molecular flexibility index (Phi) is 4.98. The van der Waals surface area contributed by atoms with E-state index < -0.39 is 0 Å². The Hall–Kier alpha value is -0.830. The highest BCUT2D eigenvalue weighted by Crippen LogP contribution is 2.61. The van der Waals surface area contributed by atoms with Gasteiger partial charge in [-0.1, -0.05) is 26.2 Å². The quantitative estimate of drug-likeness (QED) is 0.591. The van der Waals surface area contributed by atoms with Crippen molar-refractivity contribution < 1.29 is 4.74 Å². The minimum Gasteiger partial charge on any atom is -0.376 e. The molecule has 0 spiro atoms. The molecule has 0 aromatic carbocycles. The van der Waals surface area contributed by atoms with E-state index in [1.165, 1.54) is 64.2 Å². The van der Waals surface area contributed by atoms with Gasteiger partial charge >= 0.3 is 0 Å². The van der Waals surface area contributed by atoms with Crippen LogP contribution < -0.4 is 0 Å². The molecule has 3 nitrogen and oxygen atoms in total. The summed E-state index contributed by atoms with van der Waals surface area (Å²) in [5.41, 5.74) is 0.462. The van der Waals surface area contributed by atoms with Crippen molar-refractivity contribution in [3.05, 3.63) is 18.7 Å². The third-order valence-electron chi connectivity index (χ3n) is 7.02. The average Bonchev–Trinajstić information content (AvgIpc) is 3.05. The number of rotatable bonds is 9. The Morgan fingerprint density at radius 3 is 2.38 bits per heavy atom. The van der Waals surface area contributed by atoms with E-state index in [1.54, 1.807) is 0 Å². The Morgan fingerprint density at radius 1 is 1.08 bits per heavy atom. The van der Waals surface area contributed by atoms with Crippen LogP contribution in [0.2, 0.25) is 0 Å². The zero-order chi connectivity index (χ0) is 16.4. The predicted octanol–water partition coefficient (Wildman–Crippen LogP) is 5.07. The van der Waals surface area contributed by atoms with Gasteiger partial charge in [-0.2, -0.15) is 0 Å². The maximum Gasteiger partial charge on any atom is 0.0946 e. The van der Waals surface area contributed by atoms with Crippen LogP contribution in [0.1, 0.15) is 71.1 Å². The molecule has 4 aliphatic carbocycles. The molecule has 1 heterocycles. The first kappa shape index (κ1) is 16.6. The molecule has 1 aromatic heterocycles. The summed E-state index contributed by atoms with van der Waals surface area (Å²) in [7, 11) is 0. The molecule has 0 saturated heterocycles. The molecule has 0 aliphatic heterocycles. The first-order valence-electron chi connectivity index (χ1n) is 10.3. The van der Waals surface area contributed by atoms with E-state index in [2.05, 4.69) is 22.7 Å². The predicted molar refractivity (Wildman–Crippen MR) is 96.7 cm³/mol. The van der Waals surface area contributed by atoms with Gasteiger partial charge in [0.05, 0.1) is 19.0 Å². The Balaban J connectivity index is 1.45. The molecule has 3 heteroatoms. The molecule has 0 N–H and O–H groups in total. The summed E-state index contributed by atoms with van der Waals surface area (Å²) in [6.07, 6.45) is 20.3. The Morgan fingerprint density at radius 2 is 1.79 bits per heavy atom. The number of unbranched alkanes of at least 4 members (excludes halogenated alkanes) is 3. The van der Waals surface area contributed by atoms with Crippen molar-refractivity contribution >= 4 is 0 Å². The minimum absolute atomic E-state index is 0.390. The van der Waals surface area contributed by atoms with Gasteiger partial charge in [0, 0.05) is 19.0 Å². The van der Waals surface area contributed by atoms with Gasteiger partial charge < -0.3 is 9.30 Å². The number of aromatic nitrogens is 2. The van der Waals surface area contributed by atoms with Crippen LogP contribution in [0.15, 0.2) is 18.7 Å². The van der Waals surface area contributed by atoms with Crippen molar-refractivity contribution in [1.82, 2.24) is 9.55 Å². The minimum atomic E-state index is 0.390. The monoisotopic (exact) mass is 330 g/mol. The summed E-state index contributed by atoms with van der Waals surface area (Å²) in [6, 6.07) is 0. The largest absolute Gasteiger partial charge is 0.376 e. The molecule has 1 unspecified atom stereocenters. The van der Waals surface area contributed by atoms with Gasteiger partial charge in [-0.15, -0.1) is 0 Å². The van der Waals surface area contributed by atoms with Crippen LogP contribution in [0, 0.1) is 23.2 Å². The second-order valence-corrected chi connectivity index (χ2v) is 8.96. The van der Waals surface area contributed by atoms with Crippen molar-refractivity contribution in [2.75, 3.05) is 6.61 Å². The van der Waals surface area contributed by atoms with Gasteiger partial charge in [-0.3, -0.25) is 0 Å². The molecule has 4 bridgehead atoms. The number of hydrogen-bond acceptors (Lipinski definition) is 2. The van der Waals surface area contributed by atoms with Crippen molar-refractivity contribution in [2.24, 2.45) is 23.2 Å². The average molecular weight is 331 g/mol. The van der Waals surface area contributed by atoms with E-state index in [4.69, 9.17) is 4.74 Å². The highest BCUT2D eigenvalue weighted by Gasteiger charge is 2.54. The standard InChI is InChI=1S/C21H34N2O/c1-2-3-4-5-8-24-20(15-23-7-6-22-16-23)21-12-17-9-18(13-21)11-19(10-17)14-21/h6-7,16-20H,2-5,8-15H2,1H3. The number of imidazole rings is 1. The molecule has 1 aromatic rings. The van der Waals surface area contributed by atoms with Crippen LogP contribution in [0.4, 0.5) is 0 Å². The zero-order valence-corrected chi connectivity index (χ0v) is 15.3. The Labute approximate surface area is 147 Å². The fraction of sp³-hybridized carbons (Fsp3) is 0.857. The third kappa shape index (κ3) is 3.42. The van der Waals surface area contributed by atoms with Crippen LogP contribution in [0.5, 0.6) is 0 Å². The normalized spacial score (nSPS) is 35.5. The number of ether oxygens (including phenoxy) is 1. The van der Waals surface area contributed by atoms with Gasteiger partial charge in [-0.25, -0.2) is 4.98 Å². The fourth-order valence-corrected chi connectivity index (χ4v) is 6.34. The molecule has 1 atom stereocenters. The lowest BCUT2D eigenvalue weighted by atomic mass is 9.48. The van der Waals surface area contributed by atoms with Gasteiger partial charge in [0.2, 0.25) is 0 Å². The van der Waals surface area contributed by atoms with E-state index in [9.17, 15) is 0 Å². The molecule has 0 radical (unpaired) electrons. The van der Waals surface area contributed by atoms with Crippen molar-refractivity contribution in [3.8, 4) is 0 Å². The summed E-state index contributed by atoms with van der Waals surface area (Å²) in [6.45, 7) is 4.22. The van der Waals surface area contributed by atoms with Gasteiger partial charge in [0.1, 0.15) is 0 Å². The summed E-state index contributed by atoms with van der Waals surface area (Å²) in [5, 5.41) is 0. The second kappa shape index (κ2) is 7.19. The van der Waals surface area contributed by atoms with Gasteiger partial charge in [-0.05, 0) is 68.1 Å². The van der Waals surface area contributed by atoms with Crippen molar-refractivity contribution in [1.29, 1.82) is 0 Å². The fourth-order valence-electron chi connectivity index (χ4n) is 6.34. The second-order valence-electron chi connectivity index (χ2n) is 8.96. The molecule has 4 fully saturated rings. The van der Waals surface area contributed by atoms with Crippen molar-refractivity contribution in [2.45, 2.75) is 83.8 Å². The molecule has 134 valence electrons. The number of nitrogens with zero attached hydrogens (tertiary/aromatic N) is 2. The molecule has 5 rings (SSSR count). The van der Waals surface area contributed by atoms with Gasteiger partial charge in [0.15, 0.2) is 0 Å². The van der Waals surface area contributed by atoms with Crippen LogP contribution in [0.25, 0.3) is 0 Å². The lowest BCUT2D eigenvalue weighted by molar-refractivity contribution is -0.147. The van der Waals surface area contributed by atoms with Gasteiger partial charge in [0.25, 0.3) is 0 Å². The summed E-state index contributed by atoms with van der Waals surface area (Å²) in [4.78, 5) is 4.25. The molecule has 4 saturated carbocycles.